The summed E-state index contributed by atoms with van der Waals surface area (Å²) in [7, 11) is 0. The van der Waals surface area contributed by atoms with Gasteiger partial charge in [0.25, 0.3) is 0 Å². The number of hydrogen-bond donors (Lipinski definition) is 0. The minimum atomic E-state index is -0.761. The summed E-state index contributed by atoms with van der Waals surface area (Å²) in [5, 5.41) is 0. The van der Waals surface area contributed by atoms with Crippen LogP contribution in [-0.4, -0.2) is 35.6 Å². The molecule has 3 aromatic rings. The maximum atomic E-state index is 12.7. The lowest BCUT2D eigenvalue weighted by atomic mass is 10.1. The molecular weight excluding hydrogens is 426 g/mol. The molecule has 3 atom stereocenters. The van der Waals surface area contributed by atoms with E-state index < -0.39 is 12.1 Å². The summed E-state index contributed by atoms with van der Waals surface area (Å²) in [6.45, 7) is 1.19. The van der Waals surface area contributed by atoms with Crippen molar-refractivity contribution in [3.8, 4) is 0 Å². The molecule has 1 aliphatic heterocycles. The van der Waals surface area contributed by atoms with E-state index in [0.717, 1.165) is 11.1 Å². The van der Waals surface area contributed by atoms with Crippen molar-refractivity contribution in [1.82, 2.24) is 4.73 Å². The Hall–Kier alpha value is -2.84. The third kappa shape index (κ3) is 6.11. The van der Waals surface area contributed by atoms with Crippen LogP contribution in [-0.2, 0) is 32.2 Å². The number of benzene rings is 2. The molecular formula is C25H25NO5S. The summed E-state index contributed by atoms with van der Waals surface area (Å²) in [5.74, 6) is -0.508. The monoisotopic (exact) mass is 451 g/mol. The lowest BCUT2D eigenvalue weighted by Gasteiger charge is -2.19. The van der Waals surface area contributed by atoms with E-state index in [4.69, 9.17) is 31.3 Å². The van der Waals surface area contributed by atoms with Crippen molar-refractivity contribution >= 4 is 18.2 Å². The van der Waals surface area contributed by atoms with E-state index in [1.54, 1.807) is 24.4 Å². The highest BCUT2D eigenvalue weighted by Crippen LogP contribution is 2.26. The molecule has 166 valence electrons. The molecule has 4 rings (SSSR count). The first-order chi connectivity index (χ1) is 15.7. The van der Waals surface area contributed by atoms with Crippen molar-refractivity contribution < 1.29 is 23.8 Å². The van der Waals surface area contributed by atoms with Crippen LogP contribution in [0.25, 0.3) is 0 Å². The highest BCUT2D eigenvalue weighted by molar-refractivity contribution is 7.71. The Labute approximate surface area is 192 Å². The second kappa shape index (κ2) is 11.2. The molecule has 0 bridgehead atoms. The van der Waals surface area contributed by atoms with Crippen LogP contribution in [0.3, 0.4) is 0 Å². The van der Waals surface area contributed by atoms with Crippen LogP contribution in [0, 0.1) is 4.64 Å². The average molecular weight is 452 g/mol. The molecule has 0 saturated carbocycles. The predicted molar refractivity (Wildman–Crippen MR) is 121 cm³/mol. The highest BCUT2D eigenvalue weighted by Gasteiger charge is 2.41. The molecule has 0 aliphatic carbocycles. The van der Waals surface area contributed by atoms with Gasteiger partial charge in [0.05, 0.1) is 25.9 Å². The van der Waals surface area contributed by atoms with Crippen LogP contribution in [0.1, 0.15) is 17.5 Å². The number of pyridine rings is 1. The van der Waals surface area contributed by atoms with E-state index in [2.05, 4.69) is 0 Å². The fraction of sp³-hybridized carbons (Fsp3) is 0.280. The first-order valence-corrected chi connectivity index (χ1v) is 10.9. The first-order valence-electron chi connectivity index (χ1n) is 10.5. The predicted octanol–water partition coefficient (Wildman–Crippen LogP) is 4.13. The van der Waals surface area contributed by atoms with Gasteiger partial charge >= 0.3 is 5.97 Å². The second-order valence-corrected chi connectivity index (χ2v) is 7.93. The third-order valence-corrected chi connectivity index (χ3v) is 5.46. The number of carbonyl (C=O) groups is 1. The average Bonchev–Trinajstić information content (AvgIpc) is 3.24. The standard InChI is InChI=1S/C25H25NO5S/c27-25(31-26-14-8-7-13-24(26)32)22-15-21(29-17-20-11-5-2-6-12-20)23(30-22)18-28-16-19-9-3-1-4-10-19/h1-14,21-23H,15-18H2/t21-,22-,23+/m0/s1. The molecule has 1 fully saturated rings. The summed E-state index contributed by atoms with van der Waals surface area (Å²) < 4.78 is 19.7. The molecule has 7 heteroatoms. The topological polar surface area (TPSA) is 58.9 Å². The van der Waals surface area contributed by atoms with E-state index in [1.165, 1.54) is 4.73 Å². The summed E-state index contributed by atoms with van der Waals surface area (Å²) in [6.07, 6.45) is 0.531. The largest absolute Gasteiger partial charge is 0.374 e. The number of aromatic nitrogens is 1. The van der Waals surface area contributed by atoms with E-state index in [1.807, 2.05) is 60.7 Å². The maximum absolute atomic E-state index is 12.7. The molecule has 1 aromatic heterocycles. The Morgan fingerprint density at radius 2 is 1.59 bits per heavy atom. The quantitative estimate of drug-likeness (QED) is 0.456. The summed E-state index contributed by atoms with van der Waals surface area (Å²) >= 11 is 5.19. The maximum Gasteiger partial charge on any atom is 0.361 e. The Morgan fingerprint density at radius 3 is 2.28 bits per heavy atom. The van der Waals surface area contributed by atoms with Gasteiger partial charge in [-0.15, -0.1) is 0 Å². The van der Waals surface area contributed by atoms with Gasteiger partial charge in [0.2, 0.25) is 0 Å². The number of rotatable bonds is 9. The highest BCUT2D eigenvalue weighted by atomic mass is 32.1. The molecule has 0 unspecified atom stereocenters. The summed E-state index contributed by atoms with van der Waals surface area (Å²) in [5.41, 5.74) is 2.12. The number of hydrogen-bond acceptors (Lipinski definition) is 6. The smallest absolute Gasteiger partial charge is 0.361 e. The number of nitrogens with zero attached hydrogens (tertiary/aromatic N) is 1. The number of carbonyl (C=O) groups excluding carboxylic acids is 1. The van der Waals surface area contributed by atoms with E-state index in [-0.39, 0.29) is 12.2 Å². The van der Waals surface area contributed by atoms with Gasteiger partial charge in [-0.1, -0.05) is 78.9 Å². The molecule has 1 saturated heterocycles. The van der Waals surface area contributed by atoms with Crippen LogP contribution in [0.5, 0.6) is 0 Å². The fourth-order valence-corrected chi connectivity index (χ4v) is 3.66. The Balaban J connectivity index is 1.38. The lowest BCUT2D eigenvalue weighted by molar-refractivity contribution is -0.158. The Morgan fingerprint density at radius 1 is 0.938 bits per heavy atom. The molecule has 1 aliphatic rings. The molecule has 32 heavy (non-hydrogen) atoms. The van der Waals surface area contributed by atoms with Gasteiger partial charge in [0.15, 0.2) is 6.10 Å². The zero-order valence-corrected chi connectivity index (χ0v) is 18.4. The van der Waals surface area contributed by atoms with Crippen molar-refractivity contribution in [2.75, 3.05) is 6.61 Å². The van der Waals surface area contributed by atoms with Crippen LogP contribution in [0.2, 0.25) is 0 Å². The van der Waals surface area contributed by atoms with Crippen LogP contribution < -0.4 is 4.84 Å². The fourth-order valence-electron chi connectivity index (χ4n) is 3.48. The van der Waals surface area contributed by atoms with Gasteiger partial charge in [0.1, 0.15) is 10.7 Å². The van der Waals surface area contributed by atoms with Crippen molar-refractivity contribution in [3.05, 3.63) is 101 Å². The SMILES string of the molecule is O=C(On1ccccc1=S)[C@@H]1C[C@H](OCc2ccccc2)[C@@H](COCc2ccccc2)O1. The van der Waals surface area contributed by atoms with Crippen LogP contribution in [0.15, 0.2) is 85.1 Å². The molecule has 0 spiro atoms. The lowest BCUT2D eigenvalue weighted by Crippen LogP contribution is -2.32. The van der Waals surface area contributed by atoms with Gasteiger partial charge in [-0.25, -0.2) is 4.79 Å². The van der Waals surface area contributed by atoms with Crippen LogP contribution in [0.4, 0.5) is 0 Å². The molecule has 0 N–H and O–H groups in total. The van der Waals surface area contributed by atoms with Gasteiger partial charge in [0, 0.05) is 12.6 Å². The molecule has 6 nitrogen and oxygen atoms in total. The van der Waals surface area contributed by atoms with E-state index in [9.17, 15) is 4.79 Å². The van der Waals surface area contributed by atoms with Gasteiger partial charge in [-0.3, -0.25) is 0 Å². The minimum Gasteiger partial charge on any atom is -0.374 e. The molecule has 0 amide bonds. The Bertz CT molecular complexity index is 1060. The zero-order valence-electron chi connectivity index (χ0n) is 17.5. The summed E-state index contributed by atoms with van der Waals surface area (Å²) in [6, 6.07) is 25.0. The molecule has 2 aromatic carbocycles. The van der Waals surface area contributed by atoms with Crippen molar-refractivity contribution in [2.24, 2.45) is 0 Å². The molecule has 2 heterocycles. The van der Waals surface area contributed by atoms with Gasteiger partial charge in [-0.05, 0) is 23.3 Å². The van der Waals surface area contributed by atoms with Crippen molar-refractivity contribution in [3.63, 3.8) is 0 Å². The van der Waals surface area contributed by atoms with E-state index >= 15 is 0 Å². The normalized spacial score (nSPS) is 20.2. The Kier molecular flexibility index (Phi) is 7.79. The zero-order chi connectivity index (χ0) is 22.2. The van der Waals surface area contributed by atoms with Gasteiger partial charge in [-0.2, -0.15) is 4.73 Å². The number of ether oxygens (including phenoxy) is 3. The van der Waals surface area contributed by atoms with Gasteiger partial charge < -0.3 is 19.0 Å². The second-order valence-electron chi connectivity index (χ2n) is 7.51. The first kappa shape index (κ1) is 22.4. The third-order valence-electron chi connectivity index (χ3n) is 5.14. The van der Waals surface area contributed by atoms with Crippen molar-refractivity contribution in [1.29, 1.82) is 0 Å². The van der Waals surface area contributed by atoms with Crippen LogP contribution >= 0.6 is 12.2 Å². The summed E-state index contributed by atoms with van der Waals surface area (Å²) in [4.78, 5) is 18.1. The van der Waals surface area contributed by atoms with Crippen molar-refractivity contribution in [2.45, 2.75) is 37.9 Å². The minimum absolute atomic E-state index is 0.299. The van der Waals surface area contributed by atoms with E-state index in [0.29, 0.717) is 30.9 Å². The molecule has 0 radical (unpaired) electrons.